The Morgan fingerprint density at radius 3 is 2.79 bits per heavy atom. The van der Waals surface area contributed by atoms with Gasteiger partial charge in [0.1, 0.15) is 12.3 Å². The average molecular weight is 389 g/mol. The second kappa shape index (κ2) is 7.91. The van der Waals surface area contributed by atoms with Gasteiger partial charge in [0.05, 0.1) is 12.8 Å². The van der Waals surface area contributed by atoms with Crippen molar-refractivity contribution < 1.29 is 9.53 Å². The number of carbonyl (C=O) groups excluding carboxylic acids is 1. The lowest BCUT2D eigenvalue weighted by Gasteiger charge is -2.30. The monoisotopic (exact) mass is 389 g/mol. The van der Waals surface area contributed by atoms with Crippen LogP contribution in [0.5, 0.6) is 5.75 Å². The Balaban J connectivity index is 1.64. The van der Waals surface area contributed by atoms with E-state index in [4.69, 9.17) is 4.74 Å². The molecule has 1 aliphatic heterocycles. The summed E-state index contributed by atoms with van der Waals surface area (Å²) in [5.74, 6) is 0.526. The maximum atomic E-state index is 13.0. The summed E-state index contributed by atoms with van der Waals surface area (Å²) in [4.78, 5) is 27.2. The Kier molecular flexibility index (Phi) is 5.16. The zero-order valence-electron chi connectivity index (χ0n) is 16.6. The van der Waals surface area contributed by atoms with Crippen molar-refractivity contribution in [3.63, 3.8) is 0 Å². The first-order chi connectivity index (χ1) is 14.1. The molecular weight excluding hydrogens is 366 g/mol. The molecule has 2 aromatic carbocycles. The topological polar surface area (TPSA) is 64.4 Å². The van der Waals surface area contributed by atoms with Crippen molar-refractivity contribution in [3.8, 4) is 17.0 Å². The molecule has 0 saturated carbocycles. The van der Waals surface area contributed by atoms with Gasteiger partial charge in [0.2, 0.25) is 5.91 Å². The summed E-state index contributed by atoms with van der Waals surface area (Å²) in [7, 11) is 1.59. The van der Waals surface area contributed by atoms with Crippen molar-refractivity contribution in [1.29, 1.82) is 0 Å². The number of methoxy groups -OCH3 is 1. The van der Waals surface area contributed by atoms with Crippen molar-refractivity contribution in [1.82, 2.24) is 9.78 Å². The highest BCUT2D eigenvalue weighted by atomic mass is 16.5. The van der Waals surface area contributed by atoms with Crippen LogP contribution in [-0.4, -0.2) is 29.3 Å². The van der Waals surface area contributed by atoms with Gasteiger partial charge in [-0.15, -0.1) is 0 Å². The third-order valence-corrected chi connectivity index (χ3v) is 5.19. The Morgan fingerprint density at radius 2 is 1.97 bits per heavy atom. The molecule has 0 unspecified atom stereocenters. The first-order valence-electron chi connectivity index (χ1n) is 9.68. The third-order valence-electron chi connectivity index (χ3n) is 5.19. The predicted octanol–water partition coefficient (Wildman–Crippen LogP) is 3.21. The zero-order chi connectivity index (χ0) is 20.4. The molecule has 0 aliphatic carbocycles. The molecule has 1 aromatic heterocycles. The zero-order valence-corrected chi connectivity index (χ0v) is 16.6. The van der Waals surface area contributed by atoms with Gasteiger partial charge in [0, 0.05) is 23.9 Å². The summed E-state index contributed by atoms with van der Waals surface area (Å²) in [5, 5.41) is 4.43. The summed E-state index contributed by atoms with van der Waals surface area (Å²) < 4.78 is 6.62. The van der Waals surface area contributed by atoms with Crippen molar-refractivity contribution in [3.05, 3.63) is 76.1 Å². The van der Waals surface area contributed by atoms with Gasteiger partial charge in [-0.25, -0.2) is 4.68 Å². The summed E-state index contributed by atoms with van der Waals surface area (Å²) in [6.45, 7) is 2.60. The van der Waals surface area contributed by atoms with Gasteiger partial charge in [-0.1, -0.05) is 29.8 Å². The highest BCUT2D eigenvalue weighted by Gasteiger charge is 2.23. The lowest BCUT2D eigenvalue weighted by atomic mass is 9.99. The van der Waals surface area contributed by atoms with Crippen LogP contribution in [0.4, 0.5) is 5.69 Å². The number of para-hydroxylation sites is 1. The van der Waals surface area contributed by atoms with E-state index in [1.54, 1.807) is 18.1 Å². The summed E-state index contributed by atoms with van der Waals surface area (Å²) in [6, 6.07) is 16.7. The fraction of sp³-hybridized carbons (Fsp3) is 0.261. The molecule has 6 heteroatoms. The van der Waals surface area contributed by atoms with Gasteiger partial charge in [0.25, 0.3) is 5.56 Å². The molecule has 1 aliphatic rings. The van der Waals surface area contributed by atoms with E-state index in [0.29, 0.717) is 18.0 Å². The van der Waals surface area contributed by atoms with Crippen molar-refractivity contribution in [2.45, 2.75) is 26.3 Å². The van der Waals surface area contributed by atoms with Crippen LogP contribution in [0.2, 0.25) is 0 Å². The van der Waals surface area contributed by atoms with E-state index in [1.807, 2.05) is 43.3 Å². The minimum absolute atomic E-state index is 0.102. The van der Waals surface area contributed by atoms with Crippen LogP contribution < -0.4 is 15.2 Å². The lowest BCUT2D eigenvalue weighted by Crippen LogP contribution is -2.40. The summed E-state index contributed by atoms with van der Waals surface area (Å²) in [5.41, 5.74) is 4.34. The standard InChI is InChI=1S/C23H23N3O3/c1-16-9-11-20-17(14-16)6-5-13-25(20)23(28)15-26-22(27)12-10-19(24-26)18-7-3-4-8-21(18)29-2/h3-4,7-12,14H,5-6,13,15H2,1-2H3. The maximum Gasteiger partial charge on any atom is 0.267 e. The van der Waals surface area contributed by atoms with Gasteiger partial charge in [0.15, 0.2) is 0 Å². The molecule has 3 aromatic rings. The number of aryl methyl sites for hydroxylation is 2. The van der Waals surface area contributed by atoms with Gasteiger partial charge >= 0.3 is 0 Å². The first kappa shape index (κ1) is 18.9. The Labute approximate surface area is 169 Å². The molecule has 0 bridgehead atoms. The average Bonchev–Trinajstić information content (AvgIpc) is 2.74. The number of ether oxygens (including phenoxy) is 1. The third kappa shape index (κ3) is 3.78. The van der Waals surface area contributed by atoms with E-state index in [0.717, 1.165) is 24.1 Å². The first-order valence-corrected chi connectivity index (χ1v) is 9.68. The van der Waals surface area contributed by atoms with Crippen molar-refractivity contribution >= 4 is 11.6 Å². The fourth-order valence-electron chi connectivity index (χ4n) is 3.76. The summed E-state index contributed by atoms with van der Waals surface area (Å²) >= 11 is 0. The van der Waals surface area contributed by atoms with Crippen LogP contribution in [0.25, 0.3) is 11.3 Å². The quantitative estimate of drug-likeness (QED) is 0.687. The molecule has 0 saturated heterocycles. The number of benzene rings is 2. The van der Waals surface area contributed by atoms with Gasteiger partial charge in [-0.2, -0.15) is 5.10 Å². The molecule has 0 spiro atoms. The number of amides is 1. The number of fused-ring (bicyclic) bond motifs is 1. The largest absolute Gasteiger partial charge is 0.496 e. The van der Waals surface area contributed by atoms with E-state index in [1.165, 1.54) is 21.9 Å². The molecule has 0 N–H and O–H groups in total. The second-order valence-electron chi connectivity index (χ2n) is 7.20. The van der Waals surface area contributed by atoms with Gasteiger partial charge < -0.3 is 9.64 Å². The molecule has 6 nitrogen and oxygen atoms in total. The van der Waals surface area contributed by atoms with Crippen LogP contribution in [0.3, 0.4) is 0 Å². The second-order valence-corrected chi connectivity index (χ2v) is 7.20. The normalized spacial score (nSPS) is 13.1. The minimum Gasteiger partial charge on any atom is -0.496 e. The minimum atomic E-state index is -0.307. The Hall–Kier alpha value is -3.41. The van der Waals surface area contributed by atoms with Crippen LogP contribution in [0.1, 0.15) is 17.5 Å². The maximum absolute atomic E-state index is 13.0. The van der Waals surface area contributed by atoms with Gasteiger partial charge in [-0.3, -0.25) is 9.59 Å². The number of nitrogens with zero attached hydrogens (tertiary/aromatic N) is 3. The van der Waals surface area contributed by atoms with Crippen LogP contribution in [0.15, 0.2) is 59.4 Å². The SMILES string of the molecule is COc1ccccc1-c1ccc(=O)n(CC(=O)N2CCCc3cc(C)ccc32)n1. The van der Waals surface area contributed by atoms with Crippen LogP contribution in [-0.2, 0) is 17.8 Å². The molecule has 1 amide bonds. The number of aromatic nitrogens is 2. The van der Waals surface area contributed by atoms with E-state index in [-0.39, 0.29) is 18.0 Å². The van der Waals surface area contributed by atoms with E-state index >= 15 is 0 Å². The lowest BCUT2D eigenvalue weighted by molar-refractivity contribution is -0.119. The molecule has 4 rings (SSSR count). The fourth-order valence-corrected chi connectivity index (χ4v) is 3.76. The van der Waals surface area contributed by atoms with Gasteiger partial charge in [-0.05, 0) is 49.6 Å². The Morgan fingerprint density at radius 1 is 1.14 bits per heavy atom. The van der Waals surface area contributed by atoms with E-state index < -0.39 is 0 Å². The predicted molar refractivity (Wildman–Crippen MR) is 112 cm³/mol. The number of rotatable bonds is 4. The number of anilines is 1. The van der Waals surface area contributed by atoms with E-state index in [9.17, 15) is 9.59 Å². The van der Waals surface area contributed by atoms with Crippen LogP contribution in [0, 0.1) is 6.92 Å². The van der Waals surface area contributed by atoms with Crippen LogP contribution >= 0.6 is 0 Å². The van der Waals surface area contributed by atoms with Crippen molar-refractivity contribution in [2.75, 3.05) is 18.6 Å². The highest BCUT2D eigenvalue weighted by molar-refractivity contribution is 5.94. The molecule has 29 heavy (non-hydrogen) atoms. The highest BCUT2D eigenvalue weighted by Crippen LogP contribution is 2.29. The number of hydrogen-bond acceptors (Lipinski definition) is 4. The molecule has 0 atom stereocenters. The number of hydrogen-bond donors (Lipinski definition) is 0. The number of carbonyl (C=O) groups is 1. The molecule has 148 valence electrons. The molecular formula is C23H23N3O3. The Bertz CT molecular complexity index is 1120. The summed E-state index contributed by atoms with van der Waals surface area (Å²) in [6.07, 6.45) is 1.87. The molecule has 0 radical (unpaired) electrons. The molecule has 0 fully saturated rings. The molecule has 2 heterocycles. The van der Waals surface area contributed by atoms with E-state index in [2.05, 4.69) is 11.2 Å². The van der Waals surface area contributed by atoms with Crippen molar-refractivity contribution in [2.24, 2.45) is 0 Å². The smallest absolute Gasteiger partial charge is 0.267 e.